The van der Waals surface area contributed by atoms with Crippen molar-refractivity contribution >= 4 is 23.7 Å². The molecule has 0 saturated carbocycles. The van der Waals surface area contributed by atoms with Gasteiger partial charge < -0.3 is 10.1 Å². The Labute approximate surface area is 160 Å². The number of carbonyl (C=O) groups is 4. The standard InChI is InChI=1S/C20H19FN2O5/c21-16-8-6-15(7-9-16)17(24)10-11-19(26)28-13-18(25)23-20(27)22-12-14-4-2-1-3-5-14/h1-9H,10-13H2,(H2,22,23,25,27). The minimum atomic E-state index is -0.788. The molecule has 7 nitrogen and oxygen atoms in total. The highest BCUT2D eigenvalue weighted by Gasteiger charge is 2.13. The maximum atomic E-state index is 12.8. The number of ketones is 1. The van der Waals surface area contributed by atoms with Gasteiger partial charge in [0.1, 0.15) is 5.82 Å². The molecule has 0 aliphatic heterocycles. The lowest BCUT2D eigenvalue weighted by Gasteiger charge is -2.07. The monoisotopic (exact) mass is 386 g/mol. The zero-order valence-corrected chi connectivity index (χ0v) is 14.9. The average Bonchev–Trinajstić information content (AvgIpc) is 2.70. The number of imide groups is 1. The first-order valence-corrected chi connectivity index (χ1v) is 8.50. The van der Waals surface area contributed by atoms with E-state index >= 15 is 0 Å². The molecule has 0 radical (unpaired) electrons. The van der Waals surface area contributed by atoms with Gasteiger partial charge in [-0.05, 0) is 29.8 Å². The van der Waals surface area contributed by atoms with Gasteiger partial charge in [0.05, 0.1) is 6.42 Å². The van der Waals surface area contributed by atoms with Gasteiger partial charge >= 0.3 is 12.0 Å². The van der Waals surface area contributed by atoms with Gasteiger partial charge in [-0.2, -0.15) is 0 Å². The molecule has 2 rings (SSSR count). The molecule has 0 heterocycles. The Bertz CT molecular complexity index is 837. The Morgan fingerprint density at radius 3 is 2.25 bits per heavy atom. The van der Waals surface area contributed by atoms with Crippen LogP contribution in [0.5, 0.6) is 0 Å². The van der Waals surface area contributed by atoms with E-state index in [1.807, 2.05) is 35.6 Å². The van der Waals surface area contributed by atoms with E-state index in [2.05, 4.69) is 5.32 Å². The Balaban J connectivity index is 1.63. The number of amides is 3. The molecule has 0 aliphatic carbocycles. The van der Waals surface area contributed by atoms with Crippen molar-refractivity contribution in [2.75, 3.05) is 6.61 Å². The molecule has 0 atom stereocenters. The first-order chi connectivity index (χ1) is 13.4. The fourth-order valence-electron chi connectivity index (χ4n) is 2.20. The smallest absolute Gasteiger partial charge is 0.321 e. The van der Waals surface area contributed by atoms with Crippen molar-refractivity contribution in [2.45, 2.75) is 19.4 Å². The van der Waals surface area contributed by atoms with Crippen LogP contribution in [0.25, 0.3) is 0 Å². The number of hydrogen-bond acceptors (Lipinski definition) is 5. The average molecular weight is 386 g/mol. The van der Waals surface area contributed by atoms with Crippen LogP contribution >= 0.6 is 0 Å². The molecule has 0 fully saturated rings. The summed E-state index contributed by atoms with van der Waals surface area (Å²) < 4.78 is 17.5. The highest BCUT2D eigenvalue weighted by molar-refractivity contribution is 5.98. The summed E-state index contributed by atoms with van der Waals surface area (Å²) in [6, 6.07) is 13.4. The van der Waals surface area contributed by atoms with Gasteiger partial charge in [0.15, 0.2) is 12.4 Å². The summed E-state index contributed by atoms with van der Waals surface area (Å²) in [6.07, 6.45) is -0.368. The predicted octanol–water partition coefficient (Wildman–Crippen LogP) is 2.36. The van der Waals surface area contributed by atoms with Crippen molar-refractivity contribution in [3.8, 4) is 0 Å². The third-order valence-corrected chi connectivity index (χ3v) is 3.64. The Hall–Kier alpha value is -3.55. The highest BCUT2D eigenvalue weighted by atomic mass is 19.1. The van der Waals surface area contributed by atoms with Crippen molar-refractivity contribution in [1.82, 2.24) is 10.6 Å². The third-order valence-electron chi connectivity index (χ3n) is 3.64. The second kappa shape index (κ2) is 10.6. The molecule has 146 valence electrons. The lowest BCUT2D eigenvalue weighted by Crippen LogP contribution is -2.41. The minimum absolute atomic E-state index is 0.135. The minimum Gasteiger partial charge on any atom is -0.456 e. The molecule has 2 N–H and O–H groups in total. The molecule has 0 spiro atoms. The summed E-state index contributed by atoms with van der Waals surface area (Å²) >= 11 is 0. The van der Waals surface area contributed by atoms with Crippen LogP contribution in [0.15, 0.2) is 54.6 Å². The van der Waals surface area contributed by atoms with Crippen LogP contribution in [0.1, 0.15) is 28.8 Å². The van der Waals surface area contributed by atoms with Crippen LogP contribution in [0, 0.1) is 5.82 Å². The topological polar surface area (TPSA) is 102 Å². The molecule has 0 unspecified atom stereocenters. The summed E-state index contributed by atoms with van der Waals surface area (Å²) in [6.45, 7) is -0.395. The van der Waals surface area contributed by atoms with Crippen LogP contribution in [-0.4, -0.2) is 30.3 Å². The molecule has 2 aromatic rings. The van der Waals surface area contributed by atoms with E-state index in [9.17, 15) is 23.6 Å². The van der Waals surface area contributed by atoms with Gasteiger partial charge in [-0.15, -0.1) is 0 Å². The number of carbonyl (C=O) groups excluding carboxylic acids is 4. The van der Waals surface area contributed by atoms with E-state index in [0.29, 0.717) is 0 Å². The molecular weight excluding hydrogens is 367 g/mol. The van der Waals surface area contributed by atoms with Gasteiger partial charge in [0.2, 0.25) is 0 Å². The van der Waals surface area contributed by atoms with Crippen molar-refractivity contribution in [1.29, 1.82) is 0 Å². The second-order valence-corrected chi connectivity index (χ2v) is 5.81. The van der Waals surface area contributed by atoms with Crippen LogP contribution in [-0.2, 0) is 20.9 Å². The first kappa shape index (κ1) is 20.8. The van der Waals surface area contributed by atoms with Gasteiger partial charge in [-0.25, -0.2) is 9.18 Å². The molecule has 3 amide bonds. The normalized spacial score (nSPS) is 10.0. The van der Waals surface area contributed by atoms with E-state index in [4.69, 9.17) is 4.74 Å². The lowest BCUT2D eigenvalue weighted by molar-refractivity contribution is -0.148. The Kier molecular flexibility index (Phi) is 7.83. The number of esters is 1. The van der Waals surface area contributed by atoms with Crippen molar-refractivity contribution in [3.63, 3.8) is 0 Å². The van der Waals surface area contributed by atoms with Gasteiger partial charge in [-0.3, -0.25) is 19.7 Å². The van der Waals surface area contributed by atoms with Gasteiger partial charge in [0.25, 0.3) is 5.91 Å². The van der Waals surface area contributed by atoms with E-state index in [-0.39, 0.29) is 30.7 Å². The number of Topliss-reactive ketones (excluding diaryl/α,β-unsaturated/α-hetero) is 1. The van der Waals surface area contributed by atoms with Crippen LogP contribution in [0.2, 0.25) is 0 Å². The third kappa shape index (κ3) is 7.36. The summed E-state index contributed by atoms with van der Waals surface area (Å²) in [4.78, 5) is 46.7. The summed E-state index contributed by atoms with van der Waals surface area (Å²) in [5.41, 5.74) is 1.14. The van der Waals surface area contributed by atoms with Crippen molar-refractivity contribution in [2.24, 2.45) is 0 Å². The quantitative estimate of drug-likeness (QED) is 0.536. The predicted molar refractivity (Wildman–Crippen MR) is 97.7 cm³/mol. The summed E-state index contributed by atoms with van der Waals surface area (Å²) in [5.74, 6) is -2.35. The zero-order valence-electron chi connectivity index (χ0n) is 14.9. The van der Waals surface area contributed by atoms with E-state index < -0.39 is 30.3 Å². The highest BCUT2D eigenvalue weighted by Crippen LogP contribution is 2.07. The molecule has 28 heavy (non-hydrogen) atoms. The summed E-state index contributed by atoms with van der Waals surface area (Å²) in [7, 11) is 0. The number of halogens is 1. The second-order valence-electron chi connectivity index (χ2n) is 5.81. The number of urea groups is 1. The number of hydrogen-bond donors (Lipinski definition) is 2. The van der Waals surface area contributed by atoms with Crippen molar-refractivity contribution in [3.05, 3.63) is 71.5 Å². The largest absolute Gasteiger partial charge is 0.456 e. The van der Waals surface area contributed by atoms with Gasteiger partial charge in [-0.1, -0.05) is 30.3 Å². The van der Waals surface area contributed by atoms with Crippen LogP contribution < -0.4 is 10.6 Å². The van der Waals surface area contributed by atoms with Gasteiger partial charge in [0, 0.05) is 18.5 Å². The van der Waals surface area contributed by atoms with Crippen molar-refractivity contribution < 1.29 is 28.3 Å². The maximum Gasteiger partial charge on any atom is 0.321 e. The molecule has 2 aromatic carbocycles. The first-order valence-electron chi connectivity index (χ1n) is 8.50. The molecule has 0 bridgehead atoms. The molecular formula is C20H19FN2O5. The number of ether oxygens (including phenoxy) is 1. The Morgan fingerprint density at radius 2 is 1.57 bits per heavy atom. The molecule has 0 saturated heterocycles. The number of rotatable bonds is 8. The Morgan fingerprint density at radius 1 is 0.893 bits per heavy atom. The number of benzene rings is 2. The van der Waals surface area contributed by atoms with Crippen LogP contribution in [0.4, 0.5) is 9.18 Å². The summed E-state index contributed by atoms with van der Waals surface area (Å²) in [5, 5.41) is 4.53. The maximum absolute atomic E-state index is 12.8. The molecule has 0 aromatic heterocycles. The lowest BCUT2D eigenvalue weighted by atomic mass is 10.1. The fourth-order valence-corrected chi connectivity index (χ4v) is 2.20. The molecule has 8 heteroatoms. The molecule has 0 aliphatic rings. The van der Waals surface area contributed by atoms with E-state index in [1.165, 1.54) is 12.1 Å². The van der Waals surface area contributed by atoms with E-state index in [0.717, 1.165) is 17.7 Å². The SMILES string of the molecule is O=C(COC(=O)CCC(=O)c1ccc(F)cc1)NC(=O)NCc1ccccc1. The number of nitrogens with one attached hydrogen (secondary N) is 2. The van der Waals surface area contributed by atoms with Crippen LogP contribution in [0.3, 0.4) is 0 Å². The zero-order chi connectivity index (χ0) is 20.4. The van der Waals surface area contributed by atoms with E-state index in [1.54, 1.807) is 0 Å². The fraction of sp³-hybridized carbons (Fsp3) is 0.200.